The molecule has 2 rings (SSSR count). The van der Waals surface area contributed by atoms with E-state index >= 15 is 0 Å². The molecule has 92 valence electrons. The number of pyridine rings is 1. The number of carbonyl (C=O) groups is 1. The number of aromatic nitrogens is 1. The van der Waals surface area contributed by atoms with Crippen molar-refractivity contribution in [1.82, 2.24) is 10.3 Å². The molecule has 1 heterocycles. The maximum absolute atomic E-state index is 11.9. The van der Waals surface area contributed by atoms with Crippen molar-refractivity contribution in [2.75, 3.05) is 0 Å². The number of aromatic hydroxyl groups is 1. The minimum atomic E-state index is -0.314. The van der Waals surface area contributed by atoms with Gasteiger partial charge in [0.05, 0.1) is 10.0 Å². The molecule has 1 aromatic heterocycles. The van der Waals surface area contributed by atoms with Crippen LogP contribution in [0.25, 0.3) is 0 Å². The van der Waals surface area contributed by atoms with Crippen molar-refractivity contribution in [3.63, 3.8) is 0 Å². The number of amides is 1. The lowest BCUT2D eigenvalue weighted by Crippen LogP contribution is -2.22. The van der Waals surface area contributed by atoms with Gasteiger partial charge in [0, 0.05) is 18.9 Å². The number of phenolic OH excluding ortho intramolecular Hbond substituents is 1. The van der Waals surface area contributed by atoms with Gasteiger partial charge in [-0.1, -0.05) is 6.07 Å². The third kappa shape index (κ3) is 2.87. The normalized spacial score (nSPS) is 10.1. The Bertz CT molecular complexity index is 558. The highest BCUT2D eigenvalue weighted by Crippen LogP contribution is 2.27. The van der Waals surface area contributed by atoms with E-state index in [9.17, 15) is 9.90 Å². The molecule has 2 aromatic rings. The summed E-state index contributed by atoms with van der Waals surface area (Å²) in [5, 5.41) is 12.5. The minimum Gasteiger partial charge on any atom is -0.506 e. The van der Waals surface area contributed by atoms with Crippen LogP contribution < -0.4 is 5.32 Å². The number of hydrogen-bond acceptors (Lipinski definition) is 3. The van der Waals surface area contributed by atoms with Crippen molar-refractivity contribution in [3.05, 3.63) is 58.3 Å². The Morgan fingerprint density at radius 1 is 1.28 bits per heavy atom. The Kier molecular flexibility index (Phi) is 3.94. The van der Waals surface area contributed by atoms with E-state index in [2.05, 4.69) is 26.2 Å². The Morgan fingerprint density at radius 3 is 2.72 bits per heavy atom. The van der Waals surface area contributed by atoms with E-state index < -0.39 is 0 Å². The van der Waals surface area contributed by atoms with Crippen LogP contribution in [0.3, 0.4) is 0 Å². The maximum atomic E-state index is 11.9. The van der Waals surface area contributed by atoms with Crippen molar-refractivity contribution in [2.24, 2.45) is 0 Å². The number of para-hydroxylation sites is 1. The van der Waals surface area contributed by atoms with Gasteiger partial charge in [-0.3, -0.25) is 9.78 Å². The van der Waals surface area contributed by atoms with Crippen LogP contribution in [0.1, 0.15) is 15.9 Å². The Balaban J connectivity index is 2.07. The summed E-state index contributed by atoms with van der Waals surface area (Å²) in [7, 11) is 0. The van der Waals surface area contributed by atoms with Gasteiger partial charge in [-0.15, -0.1) is 0 Å². The van der Waals surface area contributed by atoms with Gasteiger partial charge in [0.15, 0.2) is 0 Å². The Morgan fingerprint density at radius 2 is 2.00 bits per heavy atom. The molecule has 0 saturated heterocycles. The van der Waals surface area contributed by atoms with Crippen LogP contribution in [0.5, 0.6) is 5.75 Å². The lowest BCUT2D eigenvalue weighted by atomic mass is 10.2. The van der Waals surface area contributed by atoms with Crippen molar-refractivity contribution in [2.45, 2.75) is 6.54 Å². The van der Waals surface area contributed by atoms with Crippen molar-refractivity contribution in [3.8, 4) is 5.75 Å². The van der Waals surface area contributed by atoms with Crippen LogP contribution in [-0.2, 0) is 6.54 Å². The first kappa shape index (κ1) is 12.6. The fraction of sp³-hybridized carbons (Fsp3) is 0.0769. The number of nitrogens with zero attached hydrogens (tertiary/aromatic N) is 1. The molecule has 18 heavy (non-hydrogen) atoms. The summed E-state index contributed by atoms with van der Waals surface area (Å²) >= 11 is 3.17. The van der Waals surface area contributed by atoms with Gasteiger partial charge >= 0.3 is 0 Å². The Labute approximate surface area is 113 Å². The number of hydrogen-bond donors (Lipinski definition) is 2. The zero-order valence-corrected chi connectivity index (χ0v) is 11.0. The van der Waals surface area contributed by atoms with Crippen LogP contribution in [0.2, 0.25) is 0 Å². The standard InChI is InChI=1S/C13H11BrN2O2/c14-11-3-1-2-10(12(11)17)13(18)16-8-9-4-6-15-7-5-9/h1-7,17H,8H2,(H,16,18). The molecule has 0 aliphatic carbocycles. The summed E-state index contributed by atoms with van der Waals surface area (Å²) in [6.45, 7) is 0.396. The maximum Gasteiger partial charge on any atom is 0.255 e. The average Bonchev–Trinajstić information content (AvgIpc) is 2.40. The number of nitrogens with one attached hydrogen (secondary N) is 1. The SMILES string of the molecule is O=C(NCc1ccncc1)c1cccc(Br)c1O. The summed E-state index contributed by atoms with van der Waals surface area (Å²) in [4.78, 5) is 15.8. The molecule has 4 nitrogen and oxygen atoms in total. The van der Waals surface area contributed by atoms with Crippen molar-refractivity contribution >= 4 is 21.8 Å². The second-order valence-electron chi connectivity index (χ2n) is 3.67. The summed E-state index contributed by atoms with van der Waals surface area (Å²) in [5.41, 5.74) is 1.20. The fourth-order valence-corrected chi connectivity index (χ4v) is 1.84. The zero-order valence-electron chi connectivity index (χ0n) is 9.43. The number of phenols is 1. The molecule has 2 N–H and O–H groups in total. The highest BCUT2D eigenvalue weighted by atomic mass is 79.9. The van der Waals surface area contributed by atoms with Crippen molar-refractivity contribution in [1.29, 1.82) is 0 Å². The molecule has 0 aliphatic heterocycles. The fourth-order valence-electron chi connectivity index (χ4n) is 1.48. The summed E-state index contributed by atoms with van der Waals surface area (Å²) < 4.78 is 0.499. The molecule has 0 radical (unpaired) electrons. The van der Waals surface area contributed by atoms with Crippen molar-refractivity contribution < 1.29 is 9.90 Å². The molecule has 1 aromatic carbocycles. The predicted molar refractivity (Wildman–Crippen MR) is 71.2 cm³/mol. The van der Waals surface area contributed by atoms with Crippen LogP contribution in [0.15, 0.2) is 47.2 Å². The van der Waals surface area contributed by atoms with E-state index in [1.807, 2.05) is 12.1 Å². The molecule has 0 spiro atoms. The average molecular weight is 307 g/mol. The highest BCUT2D eigenvalue weighted by molar-refractivity contribution is 9.10. The van der Waals surface area contributed by atoms with E-state index in [0.29, 0.717) is 11.0 Å². The van der Waals surface area contributed by atoms with E-state index in [4.69, 9.17) is 0 Å². The van der Waals surface area contributed by atoms with Gasteiger partial charge in [-0.2, -0.15) is 0 Å². The monoisotopic (exact) mass is 306 g/mol. The second-order valence-corrected chi connectivity index (χ2v) is 4.53. The smallest absolute Gasteiger partial charge is 0.255 e. The summed E-state index contributed by atoms with van der Waals surface area (Å²) in [5.74, 6) is -0.365. The van der Waals surface area contributed by atoms with Crippen LogP contribution in [-0.4, -0.2) is 16.0 Å². The number of halogens is 1. The van der Waals surface area contributed by atoms with Gasteiger partial charge in [0.25, 0.3) is 5.91 Å². The molecule has 5 heteroatoms. The van der Waals surface area contributed by atoms with E-state index in [1.54, 1.807) is 30.6 Å². The molecule has 0 bridgehead atoms. The predicted octanol–water partition coefficient (Wildman–Crippen LogP) is 2.48. The number of benzene rings is 1. The molecular formula is C13H11BrN2O2. The molecule has 0 unspecified atom stereocenters. The topological polar surface area (TPSA) is 62.2 Å². The third-order valence-electron chi connectivity index (χ3n) is 2.43. The molecule has 0 atom stereocenters. The summed E-state index contributed by atoms with van der Waals surface area (Å²) in [6, 6.07) is 8.59. The quantitative estimate of drug-likeness (QED) is 0.916. The van der Waals surface area contributed by atoms with E-state index in [1.165, 1.54) is 0 Å². The van der Waals surface area contributed by atoms with Crippen LogP contribution in [0, 0.1) is 0 Å². The van der Waals surface area contributed by atoms with E-state index in [0.717, 1.165) is 5.56 Å². The molecule has 0 fully saturated rings. The van der Waals surface area contributed by atoms with Gasteiger partial charge < -0.3 is 10.4 Å². The summed E-state index contributed by atoms with van der Waals surface area (Å²) in [6.07, 6.45) is 3.33. The minimum absolute atomic E-state index is 0.0512. The van der Waals surface area contributed by atoms with E-state index in [-0.39, 0.29) is 17.2 Å². The van der Waals surface area contributed by atoms with Gasteiger partial charge in [0.2, 0.25) is 0 Å². The highest BCUT2D eigenvalue weighted by Gasteiger charge is 2.12. The number of carbonyl (C=O) groups excluding carboxylic acids is 1. The number of rotatable bonds is 3. The Hall–Kier alpha value is -1.88. The molecule has 1 amide bonds. The van der Waals surface area contributed by atoms with Gasteiger partial charge in [0.1, 0.15) is 5.75 Å². The first-order valence-corrected chi connectivity index (χ1v) is 6.12. The zero-order chi connectivity index (χ0) is 13.0. The largest absolute Gasteiger partial charge is 0.506 e. The first-order valence-electron chi connectivity index (χ1n) is 5.33. The van der Waals surface area contributed by atoms with Gasteiger partial charge in [-0.05, 0) is 45.8 Å². The van der Waals surface area contributed by atoms with Crippen LogP contribution in [0.4, 0.5) is 0 Å². The lowest BCUT2D eigenvalue weighted by molar-refractivity contribution is 0.0948. The molecule has 0 aliphatic rings. The first-order chi connectivity index (χ1) is 8.68. The van der Waals surface area contributed by atoms with Gasteiger partial charge in [-0.25, -0.2) is 0 Å². The molecule has 0 saturated carbocycles. The lowest BCUT2D eigenvalue weighted by Gasteiger charge is -2.07. The molecular weight excluding hydrogens is 296 g/mol. The second kappa shape index (κ2) is 5.64. The van der Waals surface area contributed by atoms with Crippen LogP contribution >= 0.6 is 15.9 Å². The third-order valence-corrected chi connectivity index (χ3v) is 3.07.